The molecule has 0 saturated carbocycles. The van der Waals surface area contributed by atoms with Gasteiger partial charge in [0.2, 0.25) is 0 Å². The molecule has 0 aromatic heterocycles. The molecule has 0 bridgehead atoms. The molecule has 1 aromatic carbocycles. The summed E-state index contributed by atoms with van der Waals surface area (Å²) in [5, 5.41) is 0. The van der Waals surface area contributed by atoms with Gasteiger partial charge in [-0.05, 0) is 38.0 Å². The molecule has 15 heavy (non-hydrogen) atoms. The van der Waals surface area contributed by atoms with Gasteiger partial charge < -0.3 is 16.2 Å². The van der Waals surface area contributed by atoms with Crippen LogP contribution in [0.5, 0.6) is 5.75 Å². The summed E-state index contributed by atoms with van der Waals surface area (Å²) in [4.78, 5) is 0. The van der Waals surface area contributed by atoms with E-state index >= 15 is 0 Å². The predicted octanol–water partition coefficient (Wildman–Crippen LogP) is 1.82. The number of hydrogen-bond donors (Lipinski definition) is 2. The van der Waals surface area contributed by atoms with Crippen LogP contribution in [-0.2, 0) is 0 Å². The topological polar surface area (TPSA) is 61.3 Å². The zero-order valence-electron chi connectivity index (χ0n) is 9.44. The van der Waals surface area contributed by atoms with Gasteiger partial charge in [0.1, 0.15) is 5.75 Å². The van der Waals surface area contributed by atoms with Crippen LogP contribution in [0.15, 0.2) is 24.3 Å². The van der Waals surface area contributed by atoms with Crippen molar-refractivity contribution in [1.29, 1.82) is 0 Å². The van der Waals surface area contributed by atoms with Gasteiger partial charge in [-0.1, -0.05) is 12.1 Å². The van der Waals surface area contributed by atoms with Gasteiger partial charge >= 0.3 is 0 Å². The molecule has 0 fully saturated rings. The SMILES string of the molecule is CCOc1ccc(C(N)CC(C)N)cc1. The van der Waals surface area contributed by atoms with Crippen molar-refractivity contribution < 1.29 is 4.74 Å². The van der Waals surface area contributed by atoms with Gasteiger partial charge in [-0.15, -0.1) is 0 Å². The monoisotopic (exact) mass is 208 g/mol. The molecule has 0 heterocycles. The maximum absolute atomic E-state index is 6.00. The van der Waals surface area contributed by atoms with Crippen LogP contribution in [-0.4, -0.2) is 12.6 Å². The molecule has 3 nitrogen and oxygen atoms in total. The van der Waals surface area contributed by atoms with Crippen molar-refractivity contribution in [2.45, 2.75) is 32.4 Å². The molecule has 84 valence electrons. The lowest BCUT2D eigenvalue weighted by molar-refractivity contribution is 0.340. The summed E-state index contributed by atoms with van der Waals surface area (Å²) in [6, 6.07) is 8.03. The largest absolute Gasteiger partial charge is 0.494 e. The Balaban J connectivity index is 2.62. The first-order valence-corrected chi connectivity index (χ1v) is 5.37. The van der Waals surface area contributed by atoms with Gasteiger partial charge in [-0.3, -0.25) is 0 Å². The Morgan fingerprint density at radius 3 is 2.27 bits per heavy atom. The molecular formula is C12H20N2O. The van der Waals surface area contributed by atoms with Crippen LogP contribution in [0.3, 0.4) is 0 Å². The highest BCUT2D eigenvalue weighted by Crippen LogP contribution is 2.19. The van der Waals surface area contributed by atoms with Gasteiger partial charge in [0, 0.05) is 12.1 Å². The molecule has 0 aliphatic rings. The number of nitrogens with two attached hydrogens (primary N) is 2. The lowest BCUT2D eigenvalue weighted by Gasteiger charge is -2.14. The molecule has 3 heteroatoms. The molecular weight excluding hydrogens is 188 g/mol. The van der Waals surface area contributed by atoms with Crippen LogP contribution in [0.4, 0.5) is 0 Å². The van der Waals surface area contributed by atoms with Crippen molar-refractivity contribution in [2.24, 2.45) is 11.5 Å². The second-order valence-corrected chi connectivity index (χ2v) is 3.82. The highest BCUT2D eigenvalue weighted by atomic mass is 16.5. The van der Waals surface area contributed by atoms with Crippen molar-refractivity contribution in [1.82, 2.24) is 0 Å². The fourth-order valence-corrected chi connectivity index (χ4v) is 1.51. The molecule has 0 saturated heterocycles. The summed E-state index contributed by atoms with van der Waals surface area (Å²) in [5.74, 6) is 0.884. The Hall–Kier alpha value is -1.06. The lowest BCUT2D eigenvalue weighted by Crippen LogP contribution is -2.23. The van der Waals surface area contributed by atoms with E-state index in [4.69, 9.17) is 16.2 Å². The number of rotatable bonds is 5. The molecule has 0 aliphatic heterocycles. The third kappa shape index (κ3) is 3.90. The average Bonchev–Trinajstić information content (AvgIpc) is 2.18. The Bertz CT molecular complexity index is 282. The normalized spacial score (nSPS) is 14.7. The third-order valence-corrected chi connectivity index (χ3v) is 2.24. The molecule has 4 N–H and O–H groups in total. The summed E-state index contributed by atoms with van der Waals surface area (Å²) in [6.07, 6.45) is 0.800. The summed E-state index contributed by atoms with van der Waals surface area (Å²) >= 11 is 0. The van der Waals surface area contributed by atoms with Crippen molar-refractivity contribution in [3.05, 3.63) is 29.8 Å². The molecule has 0 aliphatic carbocycles. The quantitative estimate of drug-likeness (QED) is 0.776. The molecule has 0 amide bonds. The Labute approximate surface area is 91.4 Å². The summed E-state index contributed by atoms with van der Waals surface area (Å²) in [7, 11) is 0. The van der Waals surface area contributed by atoms with Gasteiger partial charge in [-0.2, -0.15) is 0 Å². The highest BCUT2D eigenvalue weighted by Gasteiger charge is 2.08. The van der Waals surface area contributed by atoms with Gasteiger partial charge in [0.25, 0.3) is 0 Å². The van der Waals surface area contributed by atoms with E-state index in [1.807, 2.05) is 38.1 Å². The van der Waals surface area contributed by atoms with Gasteiger partial charge in [0.05, 0.1) is 6.61 Å². The Kier molecular flexibility index (Phi) is 4.59. The molecule has 2 unspecified atom stereocenters. The van der Waals surface area contributed by atoms with Crippen LogP contribution in [0.1, 0.15) is 31.9 Å². The fourth-order valence-electron chi connectivity index (χ4n) is 1.51. The number of benzene rings is 1. The summed E-state index contributed by atoms with van der Waals surface area (Å²) in [5.41, 5.74) is 12.8. The van der Waals surface area contributed by atoms with Gasteiger partial charge in [-0.25, -0.2) is 0 Å². The van der Waals surface area contributed by atoms with E-state index in [1.165, 1.54) is 0 Å². The lowest BCUT2D eigenvalue weighted by atomic mass is 10.0. The maximum atomic E-state index is 6.00. The summed E-state index contributed by atoms with van der Waals surface area (Å²) < 4.78 is 5.36. The number of ether oxygens (including phenoxy) is 1. The van der Waals surface area contributed by atoms with Crippen molar-refractivity contribution in [3.63, 3.8) is 0 Å². The van der Waals surface area contributed by atoms with Crippen molar-refractivity contribution in [3.8, 4) is 5.75 Å². The molecule has 2 atom stereocenters. The van der Waals surface area contributed by atoms with Crippen LogP contribution in [0, 0.1) is 0 Å². The zero-order valence-corrected chi connectivity index (χ0v) is 9.44. The maximum Gasteiger partial charge on any atom is 0.119 e. The van der Waals surface area contributed by atoms with E-state index in [0.717, 1.165) is 17.7 Å². The predicted molar refractivity (Wildman–Crippen MR) is 62.8 cm³/mol. The van der Waals surface area contributed by atoms with E-state index < -0.39 is 0 Å². The minimum atomic E-state index is 0.0145. The molecule has 0 spiro atoms. The Morgan fingerprint density at radius 1 is 1.20 bits per heavy atom. The first-order valence-electron chi connectivity index (χ1n) is 5.37. The Morgan fingerprint density at radius 2 is 1.80 bits per heavy atom. The van der Waals surface area contributed by atoms with Gasteiger partial charge in [0.15, 0.2) is 0 Å². The van der Waals surface area contributed by atoms with Crippen LogP contribution < -0.4 is 16.2 Å². The average molecular weight is 208 g/mol. The third-order valence-electron chi connectivity index (χ3n) is 2.24. The smallest absolute Gasteiger partial charge is 0.119 e. The minimum Gasteiger partial charge on any atom is -0.494 e. The second kappa shape index (κ2) is 5.73. The molecule has 0 radical (unpaired) electrons. The van der Waals surface area contributed by atoms with E-state index in [-0.39, 0.29) is 12.1 Å². The van der Waals surface area contributed by atoms with E-state index in [2.05, 4.69) is 0 Å². The van der Waals surface area contributed by atoms with E-state index in [0.29, 0.717) is 6.61 Å². The fraction of sp³-hybridized carbons (Fsp3) is 0.500. The van der Waals surface area contributed by atoms with Crippen molar-refractivity contribution in [2.75, 3.05) is 6.61 Å². The minimum absolute atomic E-state index is 0.0145. The first kappa shape index (κ1) is 12.0. The highest BCUT2D eigenvalue weighted by molar-refractivity contribution is 5.29. The van der Waals surface area contributed by atoms with Crippen LogP contribution in [0.25, 0.3) is 0 Å². The molecule has 1 rings (SSSR count). The first-order chi connectivity index (χ1) is 7.13. The summed E-state index contributed by atoms with van der Waals surface area (Å²) in [6.45, 7) is 4.62. The standard InChI is InChI=1S/C12H20N2O/c1-3-15-11-6-4-10(5-7-11)12(14)8-9(2)13/h4-7,9,12H,3,8,13-14H2,1-2H3. The number of hydrogen-bond acceptors (Lipinski definition) is 3. The second-order valence-electron chi connectivity index (χ2n) is 3.82. The van der Waals surface area contributed by atoms with Crippen LogP contribution >= 0.6 is 0 Å². The molecule has 1 aromatic rings. The van der Waals surface area contributed by atoms with Crippen LogP contribution in [0.2, 0.25) is 0 Å². The van der Waals surface area contributed by atoms with E-state index in [1.54, 1.807) is 0 Å². The van der Waals surface area contributed by atoms with E-state index in [9.17, 15) is 0 Å². The zero-order chi connectivity index (χ0) is 11.3. The van der Waals surface area contributed by atoms with Crippen molar-refractivity contribution >= 4 is 0 Å².